The van der Waals surface area contributed by atoms with Gasteiger partial charge in [-0.3, -0.25) is 5.32 Å². The van der Waals surface area contributed by atoms with Crippen molar-refractivity contribution in [2.45, 2.75) is 26.4 Å². The molecule has 0 spiro atoms. The van der Waals surface area contributed by atoms with Crippen LogP contribution < -0.4 is 5.32 Å². The molecule has 0 aromatic carbocycles. The number of rotatable bonds is 2. The van der Waals surface area contributed by atoms with Gasteiger partial charge >= 0.3 is 12.1 Å². The second-order valence-electron chi connectivity index (χ2n) is 4.67. The molecule has 7 heteroatoms. The van der Waals surface area contributed by atoms with Crippen molar-refractivity contribution in [3.63, 3.8) is 0 Å². The summed E-state index contributed by atoms with van der Waals surface area (Å²) in [5, 5.41) is 2.57. The van der Waals surface area contributed by atoms with E-state index < -0.39 is 17.7 Å². The molecule has 1 N–H and O–H groups in total. The van der Waals surface area contributed by atoms with Gasteiger partial charge in [0.1, 0.15) is 16.3 Å². The highest BCUT2D eigenvalue weighted by atomic mass is 35.5. The van der Waals surface area contributed by atoms with Gasteiger partial charge in [-0.05, 0) is 20.8 Å². The molecule has 0 aliphatic heterocycles. The van der Waals surface area contributed by atoms with Crippen LogP contribution in [0.3, 0.4) is 0 Å². The van der Waals surface area contributed by atoms with E-state index in [9.17, 15) is 9.59 Å². The highest BCUT2D eigenvalue weighted by molar-refractivity contribution is 6.29. The largest absolute Gasteiger partial charge is 0.465 e. The van der Waals surface area contributed by atoms with Gasteiger partial charge in [0.05, 0.1) is 12.8 Å². The fourth-order valence-corrected chi connectivity index (χ4v) is 1.38. The number of hydrogen-bond donors (Lipinski definition) is 1. The third-order valence-corrected chi connectivity index (χ3v) is 2.12. The number of hydrogen-bond acceptors (Lipinski definition) is 5. The van der Waals surface area contributed by atoms with Crippen LogP contribution >= 0.6 is 11.6 Å². The van der Waals surface area contributed by atoms with Crippen molar-refractivity contribution in [2.75, 3.05) is 12.4 Å². The SMILES string of the molecule is COC(=O)c1cnc(Cl)cc1NC(=O)OC(C)(C)C. The van der Waals surface area contributed by atoms with Crippen LogP contribution in [0.2, 0.25) is 5.15 Å². The minimum atomic E-state index is -0.695. The van der Waals surface area contributed by atoms with Gasteiger partial charge in [0.15, 0.2) is 0 Å². The Bertz CT molecular complexity index is 497. The second-order valence-corrected chi connectivity index (χ2v) is 5.06. The van der Waals surface area contributed by atoms with E-state index >= 15 is 0 Å². The summed E-state index contributed by atoms with van der Waals surface area (Å²) in [5.41, 5.74) is -0.370. The van der Waals surface area contributed by atoms with Crippen molar-refractivity contribution in [1.29, 1.82) is 0 Å². The van der Waals surface area contributed by atoms with Crippen LogP contribution in [0.1, 0.15) is 31.1 Å². The van der Waals surface area contributed by atoms with Crippen molar-refractivity contribution in [2.24, 2.45) is 0 Å². The molecule has 1 amide bonds. The molecule has 6 nitrogen and oxygen atoms in total. The van der Waals surface area contributed by atoms with Crippen LogP contribution in [0.4, 0.5) is 10.5 Å². The molecule has 0 saturated heterocycles. The molecule has 0 aliphatic carbocycles. The van der Waals surface area contributed by atoms with E-state index in [1.165, 1.54) is 19.4 Å². The predicted octanol–water partition coefficient (Wildman–Crippen LogP) is 2.87. The Morgan fingerprint density at radius 2 is 2.00 bits per heavy atom. The van der Waals surface area contributed by atoms with E-state index in [1.54, 1.807) is 20.8 Å². The molecule has 0 aliphatic rings. The molecule has 0 radical (unpaired) electrons. The number of esters is 1. The first-order valence-electron chi connectivity index (χ1n) is 5.47. The zero-order valence-corrected chi connectivity index (χ0v) is 11.9. The van der Waals surface area contributed by atoms with E-state index in [0.717, 1.165) is 0 Å². The highest BCUT2D eigenvalue weighted by Gasteiger charge is 2.19. The first-order valence-corrected chi connectivity index (χ1v) is 5.84. The minimum Gasteiger partial charge on any atom is -0.465 e. The van der Waals surface area contributed by atoms with Crippen molar-refractivity contribution < 1.29 is 19.1 Å². The first-order chi connectivity index (χ1) is 8.73. The third-order valence-electron chi connectivity index (χ3n) is 1.91. The Balaban J connectivity index is 2.96. The number of amides is 1. The van der Waals surface area contributed by atoms with Gasteiger partial charge in [0.2, 0.25) is 0 Å². The van der Waals surface area contributed by atoms with Gasteiger partial charge in [0.25, 0.3) is 0 Å². The van der Waals surface area contributed by atoms with Crippen LogP contribution in [0.15, 0.2) is 12.3 Å². The first kappa shape index (κ1) is 15.2. The van der Waals surface area contributed by atoms with Crippen molar-refractivity contribution in [3.8, 4) is 0 Å². The molecule has 1 heterocycles. The van der Waals surface area contributed by atoms with Gasteiger partial charge < -0.3 is 9.47 Å². The van der Waals surface area contributed by atoms with Crippen LogP contribution in [-0.2, 0) is 9.47 Å². The lowest BCUT2D eigenvalue weighted by Gasteiger charge is -2.20. The fourth-order valence-electron chi connectivity index (χ4n) is 1.22. The Hall–Kier alpha value is -1.82. The topological polar surface area (TPSA) is 77.5 Å². The van der Waals surface area contributed by atoms with Crippen LogP contribution in [0.25, 0.3) is 0 Å². The van der Waals surface area contributed by atoms with E-state index in [0.29, 0.717) is 0 Å². The lowest BCUT2D eigenvalue weighted by molar-refractivity contribution is 0.0601. The molecular weight excluding hydrogens is 272 g/mol. The number of carbonyl (C=O) groups excluding carboxylic acids is 2. The van der Waals surface area contributed by atoms with Gasteiger partial charge in [-0.1, -0.05) is 11.6 Å². The maximum Gasteiger partial charge on any atom is 0.412 e. The molecule has 0 unspecified atom stereocenters. The number of ether oxygens (including phenoxy) is 2. The third kappa shape index (κ3) is 4.75. The summed E-state index contributed by atoms with van der Waals surface area (Å²) in [4.78, 5) is 26.9. The summed E-state index contributed by atoms with van der Waals surface area (Å²) in [6.07, 6.45) is 0.529. The predicted molar refractivity (Wildman–Crippen MR) is 70.4 cm³/mol. The van der Waals surface area contributed by atoms with Crippen LogP contribution in [0, 0.1) is 0 Å². The number of carbonyl (C=O) groups is 2. The number of aromatic nitrogens is 1. The molecule has 19 heavy (non-hydrogen) atoms. The molecule has 1 aromatic rings. The fraction of sp³-hybridized carbons (Fsp3) is 0.417. The van der Waals surface area contributed by atoms with Crippen molar-refractivity contribution in [3.05, 3.63) is 23.0 Å². The van der Waals surface area contributed by atoms with Crippen molar-refractivity contribution >= 4 is 29.4 Å². The molecule has 0 saturated carbocycles. The number of halogens is 1. The molecular formula is C12H15ClN2O4. The summed E-state index contributed by atoms with van der Waals surface area (Å²) in [7, 11) is 1.23. The smallest absolute Gasteiger partial charge is 0.412 e. The molecule has 104 valence electrons. The lowest BCUT2D eigenvalue weighted by atomic mass is 10.2. The van der Waals surface area contributed by atoms with Crippen LogP contribution in [0.5, 0.6) is 0 Å². The van der Waals surface area contributed by atoms with E-state index in [2.05, 4.69) is 15.0 Å². The molecule has 0 fully saturated rings. The monoisotopic (exact) mass is 286 g/mol. The highest BCUT2D eigenvalue weighted by Crippen LogP contribution is 2.20. The summed E-state index contributed by atoms with van der Waals surface area (Å²) in [5.74, 6) is -0.629. The van der Waals surface area contributed by atoms with Crippen LogP contribution in [-0.4, -0.2) is 29.8 Å². The number of methoxy groups -OCH3 is 1. The Labute approximate surface area is 116 Å². The average molecular weight is 287 g/mol. The van der Waals surface area contributed by atoms with Crippen molar-refractivity contribution in [1.82, 2.24) is 4.98 Å². The number of nitrogens with zero attached hydrogens (tertiary/aromatic N) is 1. The van der Waals surface area contributed by atoms with Gasteiger partial charge in [0, 0.05) is 12.3 Å². The van der Waals surface area contributed by atoms with E-state index in [1.807, 2.05) is 0 Å². The normalized spacial score (nSPS) is 10.8. The maximum absolute atomic E-state index is 11.7. The molecule has 0 bridgehead atoms. The van der Waals surface area contributed by atoms with Gasteiger partial charge in [-0.2, -0.15) is 0 Å². The number of anilines is 1. The Morgan fingerprint density at radius 1 is 1.37 bits per heavy atom. The average Bonchev–Trinajstić information content (AvgIpc) is 2.25. The number of pyridine rings is 1. The Morgan fingerprint density at radius 3 is 2.53 bits per heavy atom. The zero-order chi connectivity index (χ0) is 14.6. The van der Waals surface area contributed by atoms with Gasteiger partial charge in [-0.25, -0.2) is 14.6 Å². The second kappa shape index (κ2) is 5.88. The lowest BCUT2D eigenvalue weighted by Crippen LogP contribution is -2.27. The quantitative estimate of drug-likeness (QED) is 0.668. The zero-order valence-electron chi connectivity index (χ0n) is 11.1. The molecule has 1 rings (SSSR count). The molecule has 0 atom stereocenters. The summed E-state index contributed by atoms with van der Waals surface area (Å²) in [6, 6.07) is 1.34. The van der Waals surface area contributed by atoms with E-state index in [4.69, 9.17) is 16.3 Å². The summed E-state index contributed by atoms with van der Waals surface area (Å²) < 4.78 is 9.67. The molecule has 1 aromatic heterocycles. The van der Waals surface area contributed by atoms with Gasteiger partial charge in [-0.15, -0.1) is 0 Å². The van der Waals surface area contributed by atoms with E-state index in [-0.39, 0.29) is 16.4 Å². The maximum atomic E-state index is 11.7. The summed E-state index contributed by atoms with van der Waals surface area (Å²) in [6.45, 7) is 5.19. The summed E-state index contributed by atoms with van der Waals surface area (Å²) >= 11 is 5.73. The minimum absolute atomic E-state index is 0.0951. The standard InChI is InChI=1S/C12H15ClN2O4/c1-12(2,3)19-11(17)15-8-5-9(13)14-6-7(8)10(16)18-4/h5-6H,1-4H3,(H,14,15,17). The number of nitrogens with one attached hydrogen (secondary N) is 1. The Kier molecular flexibility index (Phi) is 4.72.